The number of hydrogen-bond acceptors (Lipinski definition) is 2. The first-order chi connectivity index (χ1) is 9.61. The van der Waals surface area contributed by atoms with Gasteiger partial charge in [-0.05, 0) is 58.2 Å². The standard InChI is InChI=1S/C17H23ClO3/c1-16(2)10-14(17(3,4)21-16)13(15(19)20)9-11-5-7-12(18)8-6-11/h5-8,13-14H,9-10H2,1-4H3,(H,19,20). The number of carbonyl (C=O) groups is 1. The third-order valence-corrected chi connectivity index (χ3v) is 4.57. The van der Waals surface area contributed by atoms with E-state index >= 15 is 0 Å². The summed E-state index contributed by atoms with van der Waals surface area (Å²) in [6, 6.07) is 7.39. The van der Waals surface area contributed by atoms with Gasteiger partial charge in [-0.3, -0.25) is 4.79 Å². The largest absolute Gasteiger partial charge is 0.481 e. The van der Waals surface area contributed by atoms with Gasteiger partial charge in [0, 0.05) is 10.9 Å². The average molecular weight is 311 g/mol. The number of carboxylic acid groups (broad SMARTS) is 1. The maximum Gasteiger partial charge on any atom is 0.307 e. The molecule has 21 heavy (non-hydrogen) atoms. The zero-order valence-electron chi connectivity index (χ0n) is 13.0. The van der Waals surface area contributed by atoms with Crippen molar-refractivity contribution in [3.05, 3.63) is 34.9 Å². The van der Waals surface area contributed by atoms with E-state index in [4.69, 9.17) is 16.3 Å². The van der Waals surface area contributed by atoms with Gasteiger partial charge in [0.25, 0.3) is 0 Å². The summed E-state index contributed by atoms with van der Waals surface area (Å²) < 4.78 is 6.05. The van der Waals surface area contributed by atoms with Crippen molar-refractivity contribution < 1.29 is 14.6 Å². The van der Waals surface area contributed by atoms with Crippen LogP contribution >= 0.6 is 11.6 Å². The van der Waals surface area contributed by atoms with Crippen molar-refractivity contribution in [2.75, 3.05) is 0 Å². The van der Waals surface area contributed by atoms with E-state index in [1.54, 1.807) is 12.1 Å². The minimum atomic E-state index is -0.760. The molecule has 1 N–H and O–H groups in total. The van der Waals surface area contributed by atoms with Gasteiger partial charge in [0.2, 0.25) is 0 Å². The molecular formula is C17H23ClO3. The van der Waals surface area contributed by atoms with Gasteiger partial charge < -0.3 is 9.84 Å². The van der Waals surface area contributed by atoms with Gasteiger partial charge in [-0.1, -0.05) is 23.7 Å². The Balaban J connectivity index is 2.23. The summed E-state index contributed by atoms with van der Waals surface area (Å²) in [6.07, 6.45) is 1.25. The van der Waals surface area contributed by atoms with E-state index in [0.29, 0.717) is 11.4 Å². The maximum atomic E-state index is 11.8. The molecule has 2 atom stereocenters. The predicted molar refractivity (Wildman–Crippen MR) is 83.6 cm³/mol. The van der Waals surface area contributed by atoms with Crippen molar-refractivity contribution in [3.63, 3.8) is 0 Å². The lowest BCUT2D eigenvalue weighted by atomic mass is 9.75. The fourth-order valence-electron chi connectivity index (χ4n) is 3.51. The van der Waals surface area contributed by atoms with E-state index in [9.17, 15) is 9.90 Å². The molecule has 0 amide bonds. The zero-order chi connectivity index (χ0) is 15.8. The smallest absolute Gasteiger partial charge is 0.307 e. The molecule has 1 saturated heterocycles. The van der Waals surface area contributed by atoms with Crippen molar-refractivity contribution in [3.8, 4) is 0 Å². The van der Waals surface area contributed by atoms with Crippen LogP contribution in [0, 0.1) is 11.8 Å². The normalized spacial score (nSPS) is 24.7. The Bertz CT molecular complexity index is 519. The molecule has 0 aliphatic carbocycles. The predicted octanol–water partition coefficient (Wildman–Crippen LogP) is 4.18. The van der Waals surface area contributed by atoms with Gasteiger partial charge in [0.1, 0.15) is 0 Å². The summed E-state index contributed by atoms with van der Waals surface area (Å²) in [5, 5.41) is 10.3. The number of halogens is 1. The van der Waals surface area contributed by atoms with Crippen molar-refractivity contribution in [2.24, 2.45) is 11.8 Å². The van der Waals surface area contributed by atoms with Crippen molar-refractivity contribution in [1.29, 1.82) is 0 Å². The van der Waals surface area contributed by atoms with Crippen LogP contribution in [-0.2, 0) is 16.0 Å². The number of aliphatic carboxylic acids is 1. The van der Waals surface area contributed by atoms with Crippen LogP contribution in [0.3, 0.4) is 0 Å². The quantitative estimate of drug-likeness (QED) is 0.907. The molecule has 0 bridgehead atoms. The molecule has 0 aromatic heterocycles. The Hall–Kier alpha value is -1.06. The molecule has 0 spiro atoms. The highest BCUT2D eigenvalue weighted by Gasteiger charge is 2.50. The van der Waals surface area contributed by atoms with Crippen LogP contribution < -0.4 is 0 Å². The number of hydrogen-bond donors (Lipinski definition) is 1. The lowest BCUT2D eigenvalue weighted by molar-refractivity contribution is -0.147. The van der Waals surface area contributed by atoms with Crippen LogP contribution in [0.4, 0.5) is 0 Å². The second-order valence-electron chi connectivity index (χ2n) is 7.05. The molecule has 1 aromatic carbocycles. The van der Waals surface area contributed by atoms with E-state index in [-0.39, 0.29) is 11.5 Å². The molecule has 1 fully saturated rings. The van der Waals surface area contributed by atoms with E-state index in [0.717, 1.165) is 12.0 Å². The van der Waals surface area contributed by atoms with E-state index in [1.165, 1.54) is 0 Å². The van der Waals surface area contributed by atoms with Crippen LogP contribution in [-0.4, -0.2) is 22.3 Å². The Morgan fingerprint density at radius 2 is 1.90 bits per heavy atom. The number of carboxylic acids is 1. The Morgan fingerprint density at radius 1 is 1.33 bits per heavy atom. The van der Waals surface area contributed by atoms with E-state index in [2.05, 4.69) is 0 Å². The third kappa shape index (κ3) is 3.78. The summed E-state index contributed by atoms with van der Waals surface area (Å²) in [5.74, 6) is -1.23. The highest BCUT2D eigenvalue weighted by Crippen LogP contribution is 2.46. The molecule has 1 aliphatic heterocycles. The number of rotatable bonds is 4. The van der Waals surface area contributed by atoms with Crippen LogP contribution in [0.25, 0.3) is 0 Å². The van der Waals surface area contributed by atoms with Crippen LogP contribution in [0.2, 0.25) is 5.02 Å². The second kappa shape index (κ2) is 5.62. The lowest BCUT2D eigenvalue weighted by Crippen LogP contribution is -2.37. The Kier molecular flexibility index (Phi) is 4.36. The van der Waals surface area contributed by atoms with Gasteiger partial charge in [-0.25, -0.2) is 0 Å². The summed E-state index contributed by atoms with van der Waals surface area (Å²) in [6.45, 7) is 8.03. The molecule has 1 aliphatic rings. The van der Waals surface area contributed by atoms with Gasteiger partial charge in [0.15, 0.2) is 0 Å². The fourth-order valence-corrected chi connectivity index (χ4v) is 3.63. The summed E-state index contributed by atoms with van der Waals surface area (Å²) in [7, 11) is 0. The van der Waals surface area contributed by atoms with Gasteiger partial charge in [0.05, 0.1) is 17.1 Å². The molecule has 1 heterocycles. The van der Waals surface area contributed by atoms with Gasteiger partial charge in [-0.15, -0.1) is 0 Å². The highest BCUT2D eigenvalue weighted by molar-refractivity contribution is 6.30. The van der Waals surface area contributed by atoms with Crippen molar-refractivity contribution in [1.82, 2.24) is 0 Å². The van der Waals surface area contributed by atoms with Crippen molar-refractivity contribution >= 4 is 17.6 Å². The highest BCUT2D eigenvalue weighted by atomic mass is 35.5. The third-order valence-electron chi connectivity index (χ3n) is 4.32. The summed E-state index contributed by atoms with van der Waals surface area (Å²) in [5.41, 5.74) is 0.285. The number of benzene rings is 1. The molecule has 116 valence electrons. The van der Waals surface area contributed by atoms with Crippen molar-refractivity contribution in [2.45, 2.75) is 51.7 Å². The van der Waals surface area contributed by atoms with Gasteiger partial charge >= 0.3 is 5.97 Å². The monoisotopic (exact) mass is 310 g/mol. The molecule has 4 heteroatoms. The first-order valence-electron chi connectivity index (χ1n) is 7.28. The molecule has 1 aromatic rings. The van der Waals surface area contributed by atoms with E-state index in [1.807, 2.05) is 39.8 Å². The Labute approximate surface area is 131 Å². The minimum Gasteiger partial charge on any atom is -0.481 e. The summed E-state index contributed by atoms with van der Waals surface area (Å²) in [4.78, 5) is 11.8. The maximum absolute atomic E-state index is 11.8. The second-order valence-corrected chi connectivity index (χ2v) is 7.49. The minimum absolute atomic E-state index is 0.0133. The fraction of sp³-hybridized carbons (Fsp3) is 0.588. The van der Waals surface area contributed by atoms with Crippen LogP contribution in [0.1, 0.15) is 39.7 Å². The SMILES string of the molecule is CC1(C)CC(C(Cc2ccc(Cl)cc2)C(=O)O)C(C)(C)O1. The first kappa shape index (κ1) is 16.3. The molecular weight excluding hydrogens is 288 g/mol. The molecule has 2 unspecified atom stereocenters. The summed E-state index contributed by atoms with van der Waals surface area (Å²) >= 11 is 5.88. The number of ether oxygens (including phenoxy) is 1. The molecule has 2 rings (SSSR count). The molecule has 0 saturated carbocycles. The lowest BCUT2D eigenvalue weighted by Gasteiger charge is -2.31. The molecule has 3 nitrogen and oxygen atoms in total. The first-order valence-corrected chi connectivity index (χ1v) is 7.66. The topological polar surface area (TPSA) is 46.5 Å². The van der Waals surface area contributed by atoms with Crippen LogP contribution in [0.15, 0.2) is 24.3 Å². The Morgan fingerprint density at radius 3 is 2.33 bits per heavy atom. The van der Waals surface area contributed by atoms with E-state index < -0.39 is 17.5 Å². The van der Waals surface area contributed by atoms with Gasteiger partial charge in [-0.2, -0.15) is 0 Å². The van der Waals surface area contributed by atoms with Crippen LogP contribution in [0.5, 0.6) is 0 Å². The molecule has 0 radical (unpaired) electrons. The average Bonchev–Trinajstić information content (AvgIpc) is 2.56. The zero-order valence-corrected chi connectivity index (χ0v) is 13.8.